The molecule has 0 N–H and O–H groups in total. The van der Waals surface area contributed by atoms with E-state index in [1.807, 2.05) is 42.5 Å². The van der Waals surface area contributed by atoms with Crippen molar-refractivity contribution < 1.29 is 4.74 Å². The fourth-order valence-corrected chi connectivity index (χ4v) is 3.30. The van der Waals surface area contributed by atoms with Gasteiger partial charge in [0.2, 0.25) is 0 Å². The monoisotopic (exact) mass is 362 g/mol. The highest BCUT2D eigenvalue weighted by Crippen LogP contribution is 2.25. The molecule has 0 saturated carbocycles. The molecule has 3 aromatic carbocycles. The fraction of sp³-hybridized carbons (Fsp3) is 0.136. The van der Waals surface area contributed by atoms with E-state index in [1.165, 1.54) is 11.1 Å². The molecular weight excluding hydrogens is 344 g/mol. The molecule has 0 aliphatic heterocycles. The van der Waals surface area contributed by atoms with Gasteiger partial charge in [-0.15, -0.1) is 0 Å². The molecule has 0 atom stereocenters. The van der Waals surface area contributed by atoms with Crippen LogP contribution in [0.5, 0.6) is 5.75 Å². The van der Waals surface area contributed by atoms with Gasteiger partial charge in [-0.2, -0.15) is 0 Å². The van der Waals surface area contributed by atoms with Gasteiger partial charge in [0, 0.05) is 6.54 Å². The number of halogens is 1. The second-order valence-electron chi connectivity index (χ2n) is 6.31. The number of aromatic nitrogens is 2. The minimum atomic E-state index is 0.365. The summed E-state index contributed by atoms with van der Waals surface area (Å²) in [4.78, 5) is 4.77. The van der Waals surface area contributed by atoms with E-state index in [0.29, 0.717) is 17.4 Å². The van der Waals surface area contributed by atoms with E-state index in [1.54, 1.807) is 0 Å². The number of aryl methyl sites for hydroxylation is 1. The quantitative estimate of drug-likeness (QED) is 0.460. The second kappa shape index (κ2) is 7.22. The summed E-state index contributed by atoms with van der Waals surface area (Å²) in [6.07, 6.45) is 0. The largest absolute Gasteiger partial charge is 0.484 e. The summed E-state index contributed by atoms with van der Waals surface area (Å²) < 4.78 is 8.15. The van der Waals surface area contributed by atoms with Crippen LogP contribution in [-0.2, 0) is 13.2 Å². The number of imidazole rings is 1. The standard InChI is InChI=1S/C22H19ClN2O/c1-16-7-6-8-17(13-16)14-25-20-11-4-3-10-19(20)24-22(25)15-26-21-12-5-2-9-18(21)23/h2-13H,14-15H2,1H3. The maximum absolute atomic E-state index is 6.20. The summed E-state index contributed by atoms with van der Waals surface area (Å²) in [7, 11) is 0. The van der Waals surface area contributed by atoms with Crippen molar-refractivity contribution in [3.8, 4) is 5.75 Å². The van der Waals surface area contributed by atoms with Gasteiger partial charge in [0.1, 0.15) is 18.2 Å². The van der Waals surface area contributed by atoms with Crippen LogP contribution >= 0.6 is 11.6 Å². The molecule has 1 heterocycles. The highest BCUT2D eigenvalue weighted by atomic mass is 35.5. The van der Waals surface area contributed by atoms with E-state index in [2.05, 4.69) is 41.8 Å². The van der Waals surface area contributed by atoms with Crippen molar-refractivity contribution in [1.82, 2.24) is 9.55 Å². The Hall–Kier alpha value is -2.78. The Labute approximate surface area is 157 Å². The summed E-state index contributed by atoms with van der Waals surface area (Å²) >= 11 is 6.20. The van der Waals surface area contributed by atoms with Crippen LogP contribution in [0.4, 0.5) is 0 Å². The Balaban J connectivity index is 1.68. The van der Waals surface area contributed by atoms with Crippen LogP contribution in [0.2, 0.25) is 5.02 Å². The van der Waals surface area contributed by atoms with E-state index in [-0.39, 0.29) is 0 Å². The van der Waals surface area contributed by atoms with Gasteiger partial charge in [0.15, 0.2) is 0 Å². The van der Waals surface area contributed by atoms with Crippen LogP contribution in [0, 0.1) is 6.92 Å². The zero-order chi connectivity index (χ0) is 17.9. The maximum Gasteiger partial charge on any atom is 0.148 e. The molecule has 0 saturated heterocycles. The first-order chi connectivity index (χ1) is 12.7. The van der Waals surface area contributed by atoms with E-state index in [0.717, 1.165) is 23.4 Å². The zero-order valence-corrected chi connectivity index (χ0v) is 15.3. The number of nitrogens with zero attached hydrogens (tertiary/aromatic N) is 2. The molecule has 4 heteroatoms. The molecule has 1 aromatic heterocycles. The first-order valence-corrected chi connectivity index (χ1v) is 8.95. The van der Waals surface area contributed by atoms with Crippen molar-refractivity contribution >= 4 is 22.6 Å². The summed E-state index contributed by atoms with van der Waals surface area (Å²) in [5, 5.41) is 0.605. The third-order valence-electron chi connectivity index (χ3n) is 4.35. The van der Waals surface area contributed by atoms with Gasteiger partial charge < -0.3 is 9.30 Å². The highest BCUT2D eigenvalue weighted by molar-refractivity contribution is 6.32. The van der Waals surface area contributed by atoms with Crippen LogP contribution in [0.15, 0.2) is 72.8 Å². The average molecular weight is 363 g/mol. The van der Waals surface area contributed by atoms with Crippen molar-refractivity contribution in [1.29, 1.82) is 0 Å². The normalized spacial score (nSPS) is 11.0. The molecule has 0 bridgehead atoms. The Morgan fingerprint density at radius 2 is 1.77 bits per heavy atom. The topological polar surface area (TPSA) is 27.1 Å². The number of rotatable bonds is 5. The first kappa shape index (κ1) is 16.7. The summed E-state index contributed by atoms with van der Waals surface area (Å²) in [6, 6.07) is 24.2. The lowest BCUT2D eigenvalue weighted by Crippen LogP contribution is -2.08. The number of fused-ring (bicyclic) bond motifs is 1. The summed E-state index contributed by atoms with van der Waals surface area (Å²) in [5.74, 6) is 1.55. The molecule has 0 unspecified atom stereocenters. The van der Waals surface area contributed by atoms with E-state index in [4.69, 9.17) is 21.3 Å². The van der Waals surface area contributed by atoms with Crippen LogP contribution in [0.3, 0.4) is 0 Å². The van der Waals surface area contributed by atoms with Crippen molar-refractivity contribution in [2.75, 3.05) is 0 Å². The lowest BCUT2D eigenvalue weighted by atomic mass is 10.1. The Kier molecular flexibility index (Phi) is 4.63. The predicted octanol–water partition coefficient (Wildman–Crippen LogP) is 5.63. The molecular formula is C22H19ClN2O. The third-order valence-corrected chi connectivity index (χ3v) is 4.66. The molecule has 0 aliphatic carbocycles. The first-order valence-electron chi connectivity index (χ1n) is 8.58. The molecule has 4 rings (SSSR count). The van der Waals surface area contributed by atoms with Crippen LogP contribution in [-0.4, -0.2) is 9.55 Å². The van der Waals surface area contributed by atoms with Gasteiger partial charge >= 0.3 is 0 Å². The van der Waals surface area contributed by atoms with Gasteiger partial charge in [0.25, 0.3) is 0 Å². The molecule has 0 aliphatic rings. The highest BCUT2D eigenvalue weighted by Gasteiger charge is 2.12. The Morgan fingerprint density at radius 3 is 2.62 bits per heavy atom. The Morgan fingerprint density at radius 1 is 0.962 bits per heavy atom. The zero-order valence-electron chi connectivity index (χ0n) is 14.5. The van der Waals surface area contributed by atoms with E-state index < -0.39 is 0 Å². The smallest absolute Gasteiger partial charge is 0.148 e. The second-order valence-corrected chi connectivity index (χ2v) is 6.72. The molecule has 26 heavy (non-hydrogen) atoms. The molecule has 0 spiro atoms. The van der Waals surface area contributed by atoms with Gasteiger partial charge in [-0.1, -0.05) is 65.7 Å². The summed E-state index contributed by atoms with van der Waals surface area (Å²) in [6.45, 7) is 3.23. The van der Waals surface area contributed by atoms with Crippen LogP contribution in [0.1, 0.15) is 17.0 Å². The number of benzene rings is 3. The van der Waals surface area contributed by atoms with Crippen molar-refractivity contribution in [2.45, 2.75) is 20.1 Å². The lowest BCUT2D eigenvalue weighted by Gasteiger charge is -2.12. The third kappa shape index (κ3) is 3.44. The maximum atomic E-state index is 6.20. The van der Waals surface area contributed by atoms with E-state index in [9.17, 15) is 0 Å². The van der Waals surface area contributed by atoms with Crippen molar-refractivity contribution in [3.05, 3.63) is 94.8 Å². The predicted molar refractivity (Wildman–Crippen MR) is 106 cm³/mol. The number of hydrogen-bond acceptors (Lipinski definition) is 2. The van der Waals surface area contributed by atoms with Gasteiger partial charge in [-0.25, -0.2) is 4.98 Å². The molecule has 0 radical (unpaired) electrons. The average Bonchev–Trinajstić information content (AvgIpc) is 2.99. The number of hydrogen-bond donors (Lipinski definition) is 0. The molecule has 130 valence electrons. The summed E-state index contributed by atoms with van der Waals surface area (Å²) in [5.41, 5.74) is 4.57. The molecule has 4 aromatic rings. The minimum Gasteiger partial charge on any atom is -0.484 e. The number of para-hydroxylation sites is 3. The molecule has 3 nitrogen and oxygen atoms in total. The van der Waals surface area contributed by atoms with Crippen LogP contribution in [0.25, 0.3) is 11.0 Å². The van der Waals surface area contributed by atoms with Gasteiger partial charge in [0.05, 0.1) is 16.1 Å². The van der Waals surface area contributed by atoms with E-state index >= 15 is 0 Å². The lowest BCUT2D eigenvalue weighted by molar-refractivity contribution is 0.291. The van der Waals surface area contributed by atoms with Crippen molar-refractivity contribution in [3.63, 3.8) is 0 Å². The van der Waals surface area contributed by atoms with Gasteiger partial charge in [-0.05, 0) is 36.8 Å². The van der Waals surface area contributed by atoms with Gasteiger partial charge in [-0.3, -0.25) is 0 Å². The molecule has 0 amide bonds. The number of ether oxygens (including phenoxy) is 1. The molecule has 0 fully saturated rings. The minimum absolute atomic E-state index is 0.365. The SMILES string of the molecule is Cc1cccc(Cn2c(COc3ccccc3Cl)nc3ccccc32)c1. The fourth-order valence-electron chi connectivity index (χ4n) is 3.11. The van der Waals surface area contributed by atoms with Crippen molar-refractivity contribution in [2.24, 2.45) is 0 Å². The van der Waals surface area contributed by atoms with Crippen LogP contribution < -0.4 is 4.74 Å². The Bertz CT molecular complexity index is 1050.